The molecule has 0 saturated carbocycles. The maximum absolute atomic E-state index is 4.68. The summed E-state index contributed by atoms with van der Waals surface area (Å²) < 4.78 is 2.60. The number of nitrogens with zero attached hydrogens (tertiary/aromatic N) is 6. The zero-order chi connectivity index (χ0) is 23.2. The largest absolute Gasteiger partial charge is 0.339 e. The van der Waals surface area contributed by atoms with E-state index in [0.717, 1.165) is 33.8 Å². The van der Waals surface area contributed by atoms with Crippen molar-refractivity contribution in [2.45, 2.75) is 32.4 Å². The van der Waals surface area contributed by atoms with Crippen molar-refractivity contribution < 1.29 is 0 Å². The fourth-order valence-electron chi connectivity index (χ4n) is 4.10. The van der Waals surface area contributed by atoms with Gasteiger partial charge in [0.1, 0.15) is 18.5 Å². The monoisotopic (exact) mass is 518 g/mol. The average Bonchev–Trinajstić information content (AvgIpc) is 3.37. The predicted molar refractivity (Wildman–Crippen MR) is 137 cm³/mol. The van der Waals surface area contributed by atoms with Crippen molar-refractivity contribution in [3.05, 3.63) is 83.0 Å². The number of rotatable bonds is 8. The van der Waals surface area contributed by atoms with Crippen LogP contribution in [-0.2, 0) is 13.1 Å². The molecule has 9 heteroatoms. The normalized spacial score (nSPS) is 14.1. The topological polar surface area (TPSA) is 83.8 Å². The molecule has 1 saturated heterocycles. The van der Waals surface area contributed by atoms with Crippen LogP contribution in [0, 0.1) is 0 Å². The van der Waals surface area contributed by atoms with Gasteiger partial charge in [0.25, 0.3) is 0 Å². The second kappa shape index (κ2) is 10.8. The van der Waals surface area contributed by atoms with Gasteiger partial charge in [-0.05, 0) is 77.3 Å². The van der Waals surface area contributed by atoms with Gasteiger partial charge < -0.3 is 10.6 Å². The Morgan fingerprint density at radius 2 is 1.74 bits per heavy atom. The lowest BCUT2D eigenvalue weighted by molar-refractivity contribution is 0.221. The summed E-state index contributed by atoms with van der Waals surface area (Å²) in [5.74, 6) is 1.25. The predicted octanol–water partition coefficient (Wildman–Crippen LogP) is 5.35. The van der Waals surface area contributed by atoms with Crippen molar-refractivity contribution >= 4 is 39.1 Å². The second-order valence-electron chi connectivity index (χ2n) is 8.47. The molecule has 0 bridgehead atoms. The number of hydrogen-bond donors (Lipinski definition) is 2. The number of hydrogen-bond acceptors (Lipinski definition) is 7. The van der Waals surface area contributed by atoms with Crippen LogP contribution in [0.1, 0.15) is 30.4 Å². The Labute approximate surface area is 207 Å². The standard InChI is InChI=1S/C25H27BrN8/c26-23-14-28-25(31-21-9-7-19(8-10-21)16-34-18-27-17-29-34)32-24(23)30-22-6-4-5-20(13-22)15-33-11-2-1-3-12-33/h4-10,13-14,17-18H,1-3,11-12,15-16H2,(H2,28,30,31,32). The molecule has 1 aliphatic heterocycles. The highest BCUT2D eigenvalue weighted by Gasteiger charge is 2.11. The van der Waals surface area contributed by atoms with E-state index in [1.807, 2.05) is 12.1 Å². The van der Waals surface area contributed by atoms with Crippen LogP contribution in [-0.4, -0.2) is 42.7 Å². The minimum atomic E-state index is 0.527. The van der Waals surface area contributed by atoms with Crippen LogP contribution in [0.25, 0.3) is 0 Å². The van der Waals surface area contributed by atoms with E-state index < -0.39 is 0 Å². The molecule has 3 heterocycles. The zero-order valence-electron chi connectivity index (χ0n) is 18.9. The number of anilines is 4. The van der Waals surface area contributed by atoms with Gasteiger partial charge in [-0.3, -0.25) is 4.90 Å². The number of likely N-dealkylation sites (tertiary alicyclic amines) is 1. The van der Waals surface area contributed by atoms with Gasteiger partial charge in [0.15, 0.2) is 0 Å². The third-order valence-corrected chi connectivity index (χ3v) is 6.39. The van der Waals surface area contributed by atoms with Gasteiger partial charge in [-0.15, -0.1) is 0 Å². The van der Waals surface area contributed by atoms with Gasteiger partial charge in [0, 0.05) is 24.1 Å². The maximum Gasteiger partial charge on any atom is 0.229 e. The molecule has 1 fully saturated rings. The zero-order valence-corrected chi connectivity index (χ0v) is 20.4. The van der Waals surface area contributed by atoms with Crippen molar-refractivity contribution in [3.63, 3.8) is 0 Å². The molecule has 1 aliphatic rings. The van der Waals surface area contributed by atoms with E-state index in [4.69, 9.17) is 0 Å². The Bertz CT molecular complexity index is 1200. The molecule has 0 radical (unpaired) electrons. The Morgan fingerprint density at radius 3 is 2.53 bits per heavy atom. The second-order valence-corrected chi connectivity index (χ2v) is 9.32. The Hall–Kier alpha value is -3.30. The Balaban J connectivity index is 1.24. The number of piperidine rings is 1. The molecule has 0 spiro atoms. The molecule has 0 aliphatic carbocycles. The van der Waals surface area contributed by atoms with Gasteiger partial charge in [-0.25, -0.2) is 14.6 Å². The van der Waals surface area contributed by atoms with Gasteiger partial charge in [0.05, 0.1) is 11.0 Å². The molecule has 174 valence electrons. The summed E-state index contributed by atoms with van der Waals surface area (Å²) in [4.78, 5) is 15.6. The van der Waals surface area contributed by atoms with Crippen LogP contribution in [0.3, 0.4) is 0 Å². The summed E-state index contributed by atoms with van der Waals surface area (Å²) >= 11 is 3.57. The highest BCUT2D eigenvalue weighted by atomic mass is 79.9. The third-order valence-electron chi connectivity index (χ3n) is 5.81. The summed E-state index contributed by atoms with van der Waals surface area (Å²) in [7, 11) is 0. The lowest BCUT2D eigenvalue weighted by atomic mass is 10.1. The molecule has 2 N–H and O–H groups in total. The van der Waals surface area contributed by atoms with Gasteiger partial charge >= 0.3 is 0 Å². The van der Waals surface area contributed by atoms with Gasteiger partial charge in [-0.2, -0.15) is 10.1 Å². The van der Waals surface area contributed by atoms with Crippen LogP contribution < -0.4 is 10.6 Å². The fraction of sp³-hybridized carbons (Fsp3) is 0.280. The van der Waals surface area contributed by atoms with Crippen LogP contribution in [0.4, 0.5) is 23.1 Å². The summed E-state index contributed by atoms with van der Waals surface area (Å²) in [6.07, 6.45) is 8.95. The summed E-state index contributed by atoms with van der Waals surface area (Å²) in [5.41, 5.74) is 4.37. The van der Waals surface area contributed by atoms with Crippen molar-refractivity contribution in [1.29, 1.82) is 0 Å². The first-order valence-corrected chi connectivity index (χ1v) is 12.3. The van der Waals surface area contributed by atoms with E-state index in [2.05, 4.69) is 87.9 Å². The summed E-state index contributed by atoms with van der Waals surface area (Å²) in [6.45, 7) is 4.04. The quantitative estimate of drug-likeness (QED) is 0.325. The van der Waals surface area contributed by atoms with Crippen LogP contribution >= 0.6 is 15.9 Å². The first-order valence-electron chi connectivity index (χ1n) is 11.5. The number of halogens is 1. The van der Waals surface area contributed by atoms with Crippen molar-refractivity contribution in [2.75, 3.05) is 23.7 Å². The molecule has 0 unspecified atom stereocenters. The number of aromatic nitrogens is 5. The van der Waals surface area contributed by atoms with E-state index >= 15 is 0 Å². The van der Waals surface area contributed by atoms with Crippen molar-refractivity contribution in [1.82, 2.24) is 29.6 Å². The Morgan fingerprint density at radius 1 is 0.882 bits per heavy atom. The minimum absolute atomic E-state index is 0.527. The van der Waals surface area contributed by atoms with E-state index in [-0.39, 0.29) is 0 Å². The molecule has 0 atom stereocenters. The molecule has 4 aromatic rings. The summed E-state index contributed by atoms with van der Waals surface area (Å²) in [5, 5.41) is 10.9. The third kappa shape index (κ3) is 5.98. The van der Waals surface area contributed by atoms with Crippen LogP contribution in [0.15, 0.2) is 71.9 Å². The first kappa shape index (κ1) is 22.5. The maximum atomic E-state index is 4.68. The Kier molecular flexibility index (Phi) is 7.11. The average molecular weight is 519 g/mol. The van der Waals surface area contributed by atoms with Crippen molar-refractivity contribution in [3.8, 4) is 0 Å². The minimum Gasteiger partial charge on any atom is -0.339 e. The fourth-order valence-corrected chi connectivity index (χ4v) is 4.39. The van der Waals surface area contributed by atoms with E-state index in [0.29, 0.717) is 12.5 Å². The van der Waals surface area contributed by atoms with E-state index in [9.17, 15) is 0 Å². The molecule has 2 aromatic carbocycles. The van der Waals surface area contributed by atoms with E-state index in [1.54, 1.807) is 17.2 Å². The number of nitrogens with one attached hydrogen (secondary N) is 2. The van der Waals surface area contributed by atoms with Crippen molar-refractivity contribution in [2.24, 2.45) is 0 Å². The first-order chi connectivity index (χ1) is 16.7. The molecule has 5 rings (SSSR count). The SMILES string of the molecule is Brc1cnc(Nc2ccc(Cn3cncn3)cc2)nc1Nc1cccc(CN2CCCCC2)c1. The lowest BCUT2D eigenvalue weighted by Gasteiger charge is -2.26. The molecule has 0 amide bonds. The lowest BCUT2D eigenvalue weighted by Crippen LogP contribution is -2.29. The number of benzene rings is 2. The van der Waals surface area contributed by atoms with Crippen LogP contribution in [0.5, 0.6) is 0 Å². The van der Waals surface area contributed by atoms with Gasteiger partial charge in [0.2, 0.25) is 5.95 Å². The highest BCUT2D eigenvalue weighted by Crippen LogP contribution is 2.26. The van der Waals surface area contributed by atoms with E-state index in [1.165, 1.54) is 44.2 Å². The smallest absolute Gasteiger partial charge is 0.229 e. The molecule has 34 heavy (non-hydrogen) atoms. The molecular weight excluding hydrogens is 492 g/mol. The molecule has 2 aromatic heterocycles. The summed E-state index contributed by atoms with van der Waals surface area (Å²) in [6, 6.07) is 16.7. The highest BCUT2D eigenvalue weighted by molar-refractivity contribution is 9.10. The molecule has 8 nitrogen and oxygen atoms in total. The van der Waals surface area contributed by atoms with Crippen LogP contribution in [0.2, 0.25) is 0 Å². The van der Waals surface area contributed by atoms with Gasteiger partial charge in [-0.1, -0.05) is 30.7 Å². The molecular formula is C25H27BrN8.